The topological polar surface area (TPSA) is 67.9 Å². The van der Waals surface area contributed by atoms with Crippen LogP contribution in [0.5, 0.6) is 11.5 Å². The normalized spacial score (nSPS) is 10.4. The molecule has 2 amide bonds. The van der Waals surface area contributed by atoms with Crippen molar-refractivity contribution in [2.75, 3.05) is 30.5 Å². The third-order valence-electron chi connectivity index (χ3n) is 4.70. The summed E-state index contributed by atoms with van der Waals surface area (Å²) < 4.78 is 36.7. The summed E-state index contributed by atoms with van der Waals surface area (Å²) in [5, 5.41) is 2.77. The lowest BCUT2D eigenvalue weighted by Gasteiger charge is -2.18. The quantitative estimate of drug-likeness (QED) is 0.478. The number of carbonyl (C=O) groups excluding carboxylic acids is 2. The summed E-state index contributed by atoms with van der Waals surface area (Å²) >= 11 is 0. The molecule has 3 aromatic carbocycles. The summed E-state index contributed by atoms with van der Waals surface area (Å²) in [5.74, 6) is -0.173. The van der Waals surface area contributed by atoms with Crippen molar-refractivity contribution in [1.82, 2.24) is 0 Å². The van der Waals surface area contributed by atoms with Gasteiger partial charge in [-0.05, 0) is 66.7 Å². The fourth-order valence-electron chi connectivity index (χ4n) is 2.91. The number of hydrogen-bond acceptors (Lipinski definition) is 4. The van der Waals surface area contributed by atoms with Gasteiger partial charge < -0.3 is 19.7 Å². The fourth-order valence-corrected chi connectivity index (χ4v) is 2.91. The summed E-state index contributed by atoms with van der Waals surface area (Å²) in [6, 6.07) is 18.0. The van der Waals surface area contributed by atoms with Crippen LogP contribution in [0.2, 0.25) is 0 Å². The molecule has 0 aliphatic heterocycles. The summed E-state index contributed by atoms with van der Waals surface area (Å²) in [5.41, 5.74) is 1.16. The third kappa shape index (κ3) is 7.60. The lowest BCUT2D eigenvalue weighted by molar-refractivity contribution is -0.119. The minimum absolute atomic E-state index is 0.108. The van der Waals surface area contributed by atoms with Crippen molar-refractivity contribution in [1.29, 1.82) is 0 Å². The number of amides is 2. The lowest BCUT2D eigenvalue weighted by Crippen LogP contribution is -2.27. The van der Waals surface area contributed by atoms with Crippen LogP contribution in [0.4, 0.5) is 20.2 Å². The first-order valence-electron chi connectivity index (χ1n) is 10.3. The van der Waals surface area contributed by atoms with E-state index in [0.717, 1.165) is 0 Å². The molecule has 0 unspecified atom stereocenters. The van der Waals surface area contributed by atoms with Gasteiger partial charge in [-0.25, -0.2) is 8.78 Å². The van der Waals surface area contributed by atoms with Gasteiger partial charge in [0.1, 0.15) is 23.1 Å². The maximum atomic E-state index is 12.9. The minimum Gasteiger partial charge on any atom is -0.493 e. The highest BCUT2D eigenvalue weighted by molar-refractivity contribution is 5.95. The number of nitrogens with one attached hydrogen (secondary N) is 1. The van der Waals surface area contributed by atoms with E-state index in [-0.39, 0.29) is 49.5 Å². The van der Waals surface area contributed by atoms with Crippen molar-refractivity contribution in [3.8, 4) is 11.5 Å². The molecule has 0 aliphatic carbocycles. The van der Waals surface area contributed by atoms with Crippen LogP contribution < -0.4 is 19.7 Å². The van der Waals surface area contributed by atoms with Gasteiger partial charge in [0.05, 0.1) is 26.1 Å². The van der Waals surface area contributed by atoms with E-state index in [9.17, 15) is 18.4 Å². The van der Waals surface area contributed by atoms with E-state index in [4.69, 9.17) is 9.47 Å². The van der Waals surface area contributed by atoms with Gasteiger partial charge in [-0.2, -0.15) is 0 Å². The first-order chi connectivity index (χ1) is 15.9. The van der Waals surface area contributed by atoms with E-state index in [1.54, 1.807) is 31.3 Å². The summed E-state index contributed by atoms with van der Waals surface area (Å²) in [6.07, 6.45) is 0.238. The Labute approximate surface area is 190 Å². The maximum absolute atomic E-state index is 12.9. The molecule has 3 rings (SSSR count). The molecule has 0 radical (unpaired) electrons. The summed E-state index contributed by atoms with van der Waals surface area (Å²) in [6.45, 7) is 0.295. The van der Waals surface area contributed by atoms with Gasteiger partial charge in [-0.15, -0.1) is 0 Å². The zero-order valence-corrected chi connectivity index (χ0v) is 18.1. The number of benzene rings is 3. The highest BCUT2D eigenvalue weighted by atomic mass is 19.1. The Morgan fingerprint density at radius 3 is 1.94 bits per heavy atom. The van der Waals surface area contributed by atoms with Gasteiger partial charge in [0.25, 0.3) is 0 Å². The SMILES string of the molecule is CN(C(=O)CCOc1ccc(F)cc1)c1cccc(NC(=O)CCOc2ccc(F)cc2)c1. The molecule has 0 aliphatic rings. The van der Waals surface area contributed by atoms with Crippen molar-refractivity contribution in [3.63, 3.8) is 0 Å². The number of hydrogen-bond donors (Lipinski definition) is 1. The van der Waals surface area contributed by atoms with Crippen LogP contribution in [-0.4, -0.2) is 32.1 Å². The highest BCUT2D eigenvalue weighted by Crippen LogP contribution is 2.20. The van der Waals surface area contributed by atoms with E-state index in [1.165, 1.54) is 53.4 Å². The van der Waals surface area contributed by atoms with Crippen molar-refractivity contribution in [2.45, 2.75) is 12.8 Å². The molecule has 0 atom stereocenters. The van der Waals surface area contributed by atoms with Gasteiger partial charge >= 0.3 is 0 Å². The fraction of sp³-hybridized carbons (Fsp3) is 0.200. The molecule has 8 heteroatoms. The average molecular weight is 454 g/mol. The molecular weight excluding hydrogens is 430 g/mol. The zero-order chi connectivity index (χ0) is 23.6. The van der Waals surface area contributed by atoms with Crippen LogP contribution in [0.15, 0.2) is 72.8 Å². The van der Waals surface area contributed by atoms with Crippen LogP contribution in [0.25, 0.3) is 0 Å². The van der Waals surface area contributed by atoms with Gasteiger partial charge in [0.2, 0.25) is 11.8 Å². The summed E-state index contributed by atoms with van der Waals surface area (Å²) in [7, 11) is 1.64. The maximum Gasteiger partial charge on any atom is 0.230 e. The minimum atomic E-state index is -0.358. The second kappa shape index (κ2) is 11.6. The Kier molecular flexibility index (Phi) is 8.35. The predicted molar refractivity (Wildman–Crippen MR) is 122 cm³/mol. The smallest absolute Gasteiger partial charge is 0.230 e. The molecule has 0 saturated carbocycles. The molecular formula is C25H24F2N2O4. The van der Waals surface area contributed by atoms with Crippen molar-refractivity contribution < 1.29 is 27.8 Å². The molecule has 0 heterocycles. The number of halogens is 2. The molecule has 0 bridgehead atoms. The van der Waals surface area contributed by atoms with E-state index in [1.807, 2.05) is 0 Å². The van der Waals surface area contributed by atoms with Crippen LogP contribution in [0, 0.1) is 11.6 Å². The number of anilines is 2. The van der Waals surface area contributed by atoms with Crippen LogP contribution in [0.3, 0.4) is 0 Å². The molecule has 0 fully saturated rings. The van der Waals surface area contributed by atoms with Gasteiger partial charge in [-0.1, -0.05) is 6.07 Å². The number of ether oxygens (including phenoxy) is 2. The van der Waals surface area contributed by atoms with E-state index in [2.05, 4.69) is 5.32 Å². The molecule has 0 aromatic heterocycles. The Balaban J connectivity index is 1.45. The van der Waals surface area contributed by atoms with E-state index in [0.29, 0.717) is 22.9 Å². The Morgan fingerprint density at radius 1 is 0.818 bits per heavy atom. The summed E-state index contributed by atoms with van der Waals surface area (Å²) in [4.78, 5) is 26.1. The van der Waals surface area contributed by atoms with E-state index < -0.39 is 0 Å². The largest absolute Gasteiger partial charge is 0.493 e. The Bertz CT molecular complexity index is 1070. The van der Waals surface area contributed by atoms with Crippen molar-refractivity contribution >= 4 is 23.2 Å². The average Bonchev–Trinajstić information content (AvgIpc) is 2.81. The predicted octanol–water partition coefficient (Wildman–Crippen LogP) is 4.80. The molecule has 1 N–H and O–H groups in total. The molecule has 0 spiro atoms. The number of nitrogens with zero attached hydrogens (tertiary/aromatic N) is 1. The molecule has 3 aromatic rings. The first-order valence-corrected chi connectivity index (χ1v) is 10.3. The molecule has 6 nitrogen and oxygen atoms in total. The number of rotatable bonds is 10. The Morgan fingerprint density at radius 2 is 1.36 bits per heavy atom. The Hall–Kier alpha value is -3.94. The van der Waals surface area contributed by atoms with Crippen molar-refractivity contribution in [2.24, 2.45) is 0 Å². The van der Waals surface area contributed by atoms with Gasteiger partial charge in [-0.3, -0.25) is 9.59 Å². The molecule has 172 valence electrons. The van der Waals surface area contributed by atoms with E-state index >= 15 is 0 Å². The molecule has 0 saturated heterocycles. The first kappa shape index (κ1) is 23.7. The van der Waals surface area contributed by atoms with Gasteiger partial charge in [0, 0.05) is 18.4 Å². The van der Waals surface area contributed by atoms with Crippen LogP contribution >= 0.6 is 0 Å². The second-order valence-corrected chi connectivity index (χ2v) is 7.16. The monoisotopic (exact) mass is 454 g/mol. The molecule has 33 heavy (non-hydrogen) atoms. The standard InChI is InChI=1S/C25H24F2N2O4/c1-29(25(31)14-16-33-23-11-7-19(27)8-12-23)21-4-2-3-20(17-21)28-24(30)13-15-32-22-9-5-18(26)6-10-22/h2-12,17H,13-16H2,1H3,(H,28,30). The van der Waals surface area contributed by atoms with Gasteiger partial charge in [0.15, 0.2) is 0 Å². The third-order valence-corrected chi connectivity index (χ3v) is 4.70. The van der Waals surface area contributed by atoms with Crippen LogP contribution in [-0.2, 0) is 9.59 Å². The highest BCUT2D eigenvalue weighted by Gasteiger charge is 2.12. The lowest BCUT2D eigenvalue weighted by atomic mass is 10.2. The van der Waals surface area contributed by atoms with Crippen LogP contribution in [0.1, 0.15) is 12.8 Å². The number of carbonyl (C=O) groups is 2. The second-order valence-electron chi connectivity index (χ2n) is 7.16. The van der Waals surface area contributed by atoms with Crippen molar-refractivity contribution in [3.05, 3.63) is 84.4 Å². The zero-order valence-electron chi connectivity index (χ0n) is 18.1.